The van der Waals surface area contributed by atoms with Gasteiger partial charge in [-0.2, -0.15) is 0 Å². The zero-order valence-corrected chi connectivity index (χ0v) is 17.1. The Morgan fingerprint density at radius 3 is 2.67 bits per heavy atom. The van der Waals surface area contributed by atoms with E-state index in [0.717, 1.165) is 57.5 Å². The molecule has 146 valence electrons. The highest BCUT2D eigenvalue weighted by Crippen LogP contribution is 2.41. The van der Waals surface area contributed by atoms with Crippen LogP contribution in [0.1, 0.15) is 11.1 Å². The molecule has 3 heterocycles. The summed E-state index contributed by atoms with van der Waals surface area (Å²) in [7, 11) is 2.08. The van der Waals surface area contributed by atoms with Crippen molar-refractivity contribution in [3.63, 3.8) is 0 Å². The second kappa shape index (κ2) is 6.46. The molecular weight excluding hydrogens is 370 g/mol. The van der Waals surface area contributed by atoms with Gasteiger partial charge in [-0.05, 0) is 41.8 Å². The monoisotopic (exact) mass is 392 g/mol. The molecule has 0 fully saturated rings. The third-order valence-electron chi connectivity index (χ3n) is 6.19. The zero-order valence-electron chi connectivity index (χ0n) is 17.1. The summed E-state index contributed by atoms with van der Waals surface area (Å²) >= 11 is 0. The van der Waals surface area contributed by atoms with Crippen LogP contribution in [-0.2, 0) is 13.5 Å². The van der Waals surface area contributed by atoms with E-state index in [4.69, 9.17) is 9.15 Å². The SMILES string of the molecule is Cc1ccc2c(oc3c(-c4ccc5c(c4)CCO5)cccc32)c1-c1cccc[n+]1C. The first-order valence-electron chi connectivity index (χ1n) is 10.4. The molecular formula is C27H22NO2+. The summed E-state index contributed by atoms with van der Waals surface area (Å²) in [6, 6.07) is 23.5. The van der Waals surface area contributed by atoms with Gasteiger partial charge in [0.2, 0.25) is 5.69 Å². The lowest BCUT2D eigenvalue weighted by molar-refractivity contribution is -0.660. The summed E-state index contributed by atoms with van der Waals surface area (Å²) in [5.41, 5.74) is 8.97. The number of pyridine rings is 1. The van der Waals surface area contributed by atoms with Crippen LogP contribution >= 0.6 is 0 Å². The quantitative estimate of drug-likeness (QED) is 0.345. The molecule has 0 saturated carbocycles. The number of furan rings is 1. The Labute approximate surface area is 175 Å². The molecule has 2 aromatic heterocycles. The number of nitrogens with zero attached hydrogens (tertiary/aromatic N) is 1. The van der Waals surface area contributed by atoms with Crippen molar-refractivity contribution in [1.82, 2.24) is 0 Å². The first-order chi connectivity index (χ1) is 14.7. The van der Waals surface area contributed by atoms with Crippen molar-refractivity contribution in [2.24, 2.45) is 7.05 Å². The van der Waals surface area contributed by atoms with E-state index in [1.165, 1.54) is 16.7 Å². The lowest BCUT2D eigenvalue weighted by Gasteiger charge is -2.05. The van der Waals surface area contributed by atoms with Crippen LogP contribution in [-0.4, -0.2) is 6.61 Å². The average molecular weight is 392 g/mol. The van der Waals surface area contributed by atoms with E-state index >= 15 is 0 Å². The summed E-state index contributed by atoms with van der Waals surface area (Å²) in [4.78, 5) is 0. The number of rotatable bonds is 2. The molecule has 1 aliphatic rings. The van der Waals surface area contributed by atoms with E-state index in [9.17, 15) is 0 Å². The van der Waals surface area contributed by atoms with Gasteiger partial charge < -0.3 is 9.15 Å². The Bertz CT molecular complexity index is 1440. The van der Waals surface area contributed by atoms with Crippen molar-refractivity contribution >= 4 is 21.9 Å². The van der Waals surface area contributed by atoms with E-state index in [-0.39, 0.29) is 0 Å². The Kier molecular flexibility index (Phi) is 3.72. The second-order valence-corrected chi connectivity index (χ2v) is 8.04. The van der Waals surface area contributed by atoms with Crippen molar-refractivity contribution in [2.45, 2.75) is 13.3 Å². The Balaban J connectivity index is 1.65. The van der Waals surface area contributed by atoms with Crippen LogP contribution in [0.5, 0.6) is 5.75 Å². The van der Waals surface area contributed by atoms with Gasteiger partial charge in [-0.3, -0.25) is 0 Å². The van der Waals surface area contributed by atoms with Crippen LogP contribution in [0.2, 0.25) is 0 Å². The molecule has 0 spiro atoms. The van der Waals surface area contributed by atoms with Crippen LogP contribution in [0.15, 0.2) is 77.3 Å². The minimum atomic E-state index is 0.768. The van der Waals surface area contributed by atoms with E-state index < -0.39 is 0 Å². The van der Waals surface area contributed by atoms with Gasteiger partial charge in [0.25, 0.3) is 0 Å². The molecule has 3 aromatic carbocycles. The summed E-state index contributed by atoms with van der Waals surface area (Å²) in [5, 5.41) is 2.31. The molecule has 30 heavy (non-hydrogen) atoms. The third-order valence-corrected chi connectivity index (χ3v) is 6.19. The number of aryl methyl sites for hydroxylation is 2. The summed E-state index contributed by atoms with van der Waals surface area (Å²) < 4.78 is 14.5. The number of ether oxygens (including phenoxy) is 1. The molecule has 0 saturated heterocycles. The smallest absolute Gasteiger partial charge is 0.216 e. The highest BCUT2D eigenvalue weighted by atomic mass is 16.5. The Morgan fingerprint density at radius 1 is 0.867 bits per heavy atom. The normalized spacial score (nSPS) is 13.0. The molecule has 6 rings (SSSR count). The van der Waals surface area contributed by atoms with E-state index in [2.05, 4.69) is 85.4 Å². The lowest BCUT2D eigenvalue weighted by Crippen LogP contribution is -2.30. The second-order valence-electron chi connectivity index (χ2n) is 8.04. The van der Waals surface area contributed by atoms with Crippen molar-refractivity contribution in [2.75, 3.05) is 6.61 Å². The summed E-state index contributed by atoms with van der Waals surface area (Å²) in [5.74, 6) is 1.00. The topological polar surface area (TPSA) is 26.2 Å². The fraction of sp³-hybridized carbons (Fsp3) is 0.148. The van der Waals surface area contributed by atoms with Gasteiger partial charge in [-0.1, -0.05) is 36.4 Å². The van der Waals surface area contributed by atoms with Crippen LogP contribution < -0.4 is 9.30 Å². The minimum absolute atomic E-state index is 0.768. The lowest BCUT2D eigenvalue weighted by atomic mass is 9.98. The zero-order chi connectivity index (χ0) is 20.2. The van der Waals surface area contributed by atoms with Crippen molar-refractivity contribution < 1.29 is 13.7 Å². The molecule has 1 aliphatic heterocycles. The van der Waals surface area contributed by atoms with Gasteiger partial charge in [-0.15, -0.1) is 0 Å². The molecule has 3 nitrogen and oxygen atoms in total. The first kappa shape index (κ1) is 17.3. The Morgan fingerprint density at radius 2 is 1.77 bits per heavy atom. The van der Waals surface area contributed by atoms with Crippen LogP contribution in [0, 0.1) is 6.92 Å². The number of benzene rings is 3. The van der Waals surface area contributed by atoms with Gasteiger partial charge in [-0.25, -0.2) is 4.57 Å². The van der Waals surface area contributed by atoms with Gasteiger partial charge in [0.05, 0.1) is 12.2 Å². The predicted octanol–water partition coefficient (Wildman–Crippen LogP) is 5.99. The molecule has 0 N–H and O–H groups in total. The summed E-state index contributed by atoms with van der Waals surface area (Å²) in [6.07, 6.45) is 3.04. The van der Waals surface area contributed by atoms with Gasteiger partial charge in [0.15, 0.2) is 6.20 Å². The maximum Gasteiger partial charge on any atom is 0.216 e. The van der Waals surface area contributed by atoms with E-state index in [1.807, 2.05) is 6.07 Å². The van der Waals surface area contributed by atoms with E-state index in [1.54, 1.807) is 0 Å². The van der Waals surface area contributed by atoms with Gasteiger partial charge in [0, 0.05) is 34.9 Å². The van der Waals surface area contributed by atoms with Crippen molar-refractivity contribution in [3.8, 4) is 28.1 Å². The Hall–Kier alpha value is -3.59. The van der Waals surface area contributed by atoms with Crippen molar-refractivity contribution in [1.29, 1.82) is 0 Å². The highest BCUT2D eigenvalue weighted by molar-refractivity contribution is 6.13. The molecule has 0 unspecified atom stereocenters. The first-order valence-corrected chi connectivity index (χ1v) is 10.4. The predicted molar refractivity (Wildman–Crippen MR) is 120 cm³/mol. The van der Waals surface area contributed by atoms with Crippen LogP contribution in [0.3, 0.4) is 0 Å². The van der Waals surface area contributed by atoms with Crippen LogP contribution in [0.4, 0.5) is 0 Å². The van der Waals surface area contributed by atoms with E-state index in [0.29, 0.717) is 0 Å². The van der Waals surface area contributed by atoms with Gasteiger partial charge in [0.1, 0.15) is 24.0 Å². The van der Waals surface area contributed by atoms with Crippen LogP contribution in [0.25, 0.3) is 44.3 Å². The fourth-order valence-corrected chi connectivity index (χ4v) is 4.64. The maximum atomic E-state index is 6.63. The average Bonchev–Trinajstić information content (AvgIpc) is 3.38. The standard InChI is InChI=1S/C27H22NO2/c1-17-9-11-22-21-7-5-6-20(18-10-12-24-19(16-18)13-15-29-24)26(21)30-27(22)25(17)23-8-3-4-14-28(23)2/h3-12,14,16H,13,15H2,1-2H3/q+1. The minimum Gasteiger partial charge on any atom is -0.493 e. The molecule has 5 aromatic rings. The summed E-state index contributed by atoms with van der Waals surface area (Å²) in [6.45, 7) is 2.92. The number of hydrogen-bond acceptors (Lipinski definition) is 2. The molecule has 0 atom stereocenters. The largest absolute Gasteiger partial charge is 0.493 e. The highest BCUT2D eigenvalue weighted by Gasteiger charge is 2.22. The molecule has 3 heteroatoms. The molecule has 0 aliphatic carbocycles. The van der Waals surface area contributed by atoms with Crippen molar-refractivity contribution in [3.05, 3.63) is 84.1 Å². The molecule has 0 radical (unpaired) electrons. The fourth-order valence-electron chi connectivity index (χ4n) is 4.64. The number of aromatic nitrogens is 1. The number of fused-ring (bicyclic) bond motifs is 4. The maximum absolute atomic E-state index is 6.63. The third kappa shape index (κ3) is 2.48. The number of para-hydroxylation sites is 1. The van der Waals surface area contributed by atoms with Gasteiger partial charge >= 0.3 is 0 Å². The molecule has 0 bridgehead atoms. The molecule has 0 amide bonds. The number of hydrogen-bond donors (Lipinski definition) is 0.